The Morgan fingerprint density at radius 3 is 1.27 bits per heavy atom. The van der Waals surface area contributed by atoms with Crippen LogP contribution in [0.5, 0.6) is 0 Å². The lowest BCUT2D eigenvalue weighted by Gasteiger charge is -2.30. The van der Waals surface area contributed by atoms with Gasteiger partial charge in [0.1, 0.15) is 11.2 Å². The maximum absolute atomic E-state index is 6.64. The molecule has 8 aromatic rings. The Balaban J connectivity index is 1.14. The molecule has 0 N–H and O–H groups in total. The number of allylic oxidation sites excluding steroid dienone is 4. The lowest BCUT2D eigenvalue weighted by molar-refractivity contribution is 0.670. The molecule has 3 nitrogen and oxygen atoms in total. The summed E-state index contributed by atoms with van der Waals surface area (Å²) in [6.45, 7) is 8.61. The summed E-state index contributed by atoms with van der Waals surface area (Å²) >= 11 is 0. The van der Waals surface area contributed by atoms with Crippen LogP contribution < -0.4 is 9.80 Å². The lowest BCUT2D eigenvalue weighted by atomic mass is 10.0. The highest BCUT2D eigenvalue weighted by molar-refractivity contribution is 6.14. The molecule has 51 heavy (non-hydrogen) atoms. The zero-order chi connectivity index (χ0) is 34.6. The Morgan fingerprint density at radius 2 is 0.824 bits per heavy atom. The van der Waals surface area contributed by atoms with Gasteiger partial charge in [0.15, 0.2) is 0 Å². The molecule has 0 atom stereocenters. The second-order valence-electron chi connectivity index (χ2n) is 14.2. The third kappa shape index (κ3) is 5.75. The van der Waals surface area contributed by atoms with E-state index in [0.29, 0.717) is 0 Å². The van der Waals surface area contributed by atoms with E-state index in [4.69, 9.17) is 4.42 Å². The van der Waals surface area contributed by atoms with Gasteiger partial charge in [0.25, 0.3) is 0 Å². The summed E-state index contributed by atoms with van der Waals surface area (Å²) in [7, 11) is 0. The molecule has 9 rings (SSSR count). The van der Waals surface area contributed by atoms with Crippen molar-refractivity contribution in [2.24, 2.45) is 0 Å². The van der Waals surface area contributed by atoms with Crippen molar-refractivity contribution >= 4 is 71.9 Å². The first kappa shape index (κ1) is 31.0. The van der Waals surface area contributed by atoms with Gasteiger partial charge in [-0.15, -0.1) is 0 Å². The molecule has 1 aliphatic rings. The van der Waals surface area contributed by atoms with Crippen LogP contribution in [-0.2, 0) is 0 Å². The Morgan fingerprint density at radius 1 is 0.392 bits per heavy atom. The summed E-state index contributed by atoms with van der Waals surface area (Å²) in [6, 6.07) is 48.9. The van der Waals surface area contributed by atoms with E-state index in [1.807, 2.05) is 0 Å². The highest BCUT2D eigenvalue weighted by Gasteiger charge is 2.19. The topological polar surface area (TPSA) is 19.6 Å². The third-order valence-electron chi connectivity index (χ3n) is 10.4. The average Bonchev–Trinajstić information content (AvgIpc) is 3.48. The van der Waals surface area contributed by atoms with Crippen molar-refractivity contribution in [1.29, 1.82) is 0 Å². The highest BCUT2D eigenvalue weighted by atomic mass is 16.3. The molecule has 0 bridgehead atoms. The van der Waals surface area contributed by atoms with Gasteiger partial charge in [-0.05, 0) is 153 Å². The Hall–Kier alpha value is -6.06. The number of nitrogens with zero attached hydrogens (tertiary/aromatic N) is 2. The maximum Gasteiger partial charge on any atom is 0.136 e. The minimum atomic E-state index is 0.901. The molecule has 1 aromatic heterocycles. The van der Waals surface area contributed by atoms with Crippen LogP contribution in [0.1, 0.15) is 36.5 Å². The van der Waals surface area contributed by atoms with Gasteiger partial charge in [-0.1, -0.05) is 76.9 Å². The molecule has 1 aliphatic carbocycles. The van der Waals surface area contributed by atoms with Gasteiger partial charge >= 0.3 is 0 Å². The SMILES string of the molecule is CC1=CC=C(N(c2ccc(C)cc2)c2ccc3cc4c(cc3c2)oc2cc3cc(N(c5ccc(C)cc5)c5ccc(C)cc5)ccc3cc24)CC1. The van der Waals surface area contributed by atoms with E-state index in [9.17, 15) is 0 Å². The van der Waals surface area contributed by atoms with Gasteiger partial charge in [-0.3, -0.25) is 0 Å². The normalized spacial score (nSPS) is 13.2. The Bertz CT molecular complexity index is 2610. The van der Waals surface area contributed by atoms with Gasteiger partial charge in [0.05, 0.1) is 0 Å². The van der Waals surface area contributed by atoms with E-state index in [-0.39, 0.29) is 0 Å². The molecule has 0 aliphatic heterocycles. The molecule has 0 fully saturated rings. The third-order valence-corrected chi connectivity index (χ3v) is 10.4. The maximum atomic E-state index is 6.64. The van der Waals surface area contributed by atoms with Crippen LogP contribution in [0.2, 0.25) is 0 Å². The lowest BCUT2D eigenvalue weighted by Crippen LogP contribution is -2.17. The van der Waals surface area contributed by atoms with Gasteiger partial charge < -0.3 is 14.2 Å². The molecule has 1 heterocycles. The molecule has 7 aromatic carbocycles. The minimum absolute atomic E-state index is 0.901. The molecule has 0 amide bonds. The van der Waals surface area contributed by atoms with Crippen molar-refractivity contribution in [3.63, 3.8) is 0 Å². The number of anilines is 5. The largest absolute Gasteiger partial charge is 0.456 e. The van der Waals surface area contributed by atoms with E-state index in [1.165, 1.54) is 44.4 Å². The van der Waals surface area contributed by atoms with Crippen LogP contribution in [0.4, 0.5) is 28.4 Å². The molecule has 3 heteroatoms. The second kappa shape index (κ2) is 12.4. The molecule has 0 saturated carbocycles. The van der Waals surface area contributed by atoms with Crippen molar-refractivity contribution < 1.29 is 4.42 Å². The van der Waals surface area contributed by atoms with E-state index >= 15 is 0 Å². The molecule has 0 radical (unpaired) electrons. The molecular formula is C48H40N2O. The molecule has 248 valence electrons. The predicted molar refractivity (Wildman–Crippen MR) is 217 cm³/mol. The molecule has 0 saturated heterocycles. The van der Waals surface area contributed by atoms with Crippen molar-refractivity contribution in [1.82, 2.24) is 0 Å². The first-order valence-electron chi connectivity index (χ1n) is 17.9. The smallest absolute Gasteiger partial charge is 0.136 e. The van der Waals surface area contributed by atoms with E-state index < -0.39 is 0 Å². The van der Waals surface area contributed by atoms with Crippen LogP contribution in [-0.4, -0.2) is 0 Å². The standard InChI is InChI=1S/C48H40N2O/c1-31-5-15-39(16-6-31)49(40-17-7-32(2)8-18-40)43-23-13-35-27-45-46-28-36-14-24-44(26-38(36)30-48(46)51-47(45)29-37(35)25-43)50(41-19-9-33(3)10-20-41)42-21-11-34(4)12-22-42/h5-11,13-21,23-30H,12,22H2,1-4H3. The van der Waals surface area contributed by atoms with Gasteiger partial charge in [0.2, 0.25) is 0 Å². The second-order valence-corrected chi connectivity index (χ2v) is 14.2. The number of aryl methyl sites for hydroxylation is 3. The summed E-state index contributed by atoms with van der Waals surface area (Å²) in [6.07, 6.45) is 6.63. The fourth-order valence-corrected chi connectivity index (χ4v) is 7.44. The first-order valence-corrected chi connectivity index (χ1v) is 17.9. The van der Waals surface area contributed by atoms with Crippen molar-refractivity contribution in [3.05, 3.63) is 174 Å². The Kier molecular flexibility index (Phi) is 7.51. The number of hydrogen-bond donors (Lipinski definition) is 0. The van der Waals surface area contributed by atoms with Crippen molar-refractivity contribution in [2.45, 2.75) is 40.5 Å². The van der Waals surface area contributed by atoms with Crippen LogP contribution >= 0.6 is 0 Å². The van der Waals surface area contributed by atoms with Gasteiger partial charge in [0, 0.05) is 44.9 Å². The number of rotatable bonds is 6. The molecular weight excluding hydrogens is 621 g/mol. The van der Waals surface area contributed by atoms with E-state index in [1.54, 1.807) is 0 Å². The van der Waals surface area contributed by atoms with Crippen LogP contribution in [0.25, 0.3) is 43.5 Å². The van der Waals surface area contributed by atoms with Crippen LogP contribution in [0.15, 0.2) is 161 Å². The average molecular weight is 661 g/mol. The summed E-state index contributed by atoms with van der Waals surface area (Å²) in [5.74, 6) is 0. The zero-order valence-corrected chi connectivity index (χ0v) is 29.6. The fourth-order valence-electron chi connectivity index (χ4n) is 7.44. The first-order chi connectivity index (χ1) is 24.9. The quantitative estimate of drug-likeness (QED) is 0.177. The number of benzene rings is 7. The molecule has 0 unspecified atom stereocenters. The number of hydrogen-bond acceptors (Lipinski definition) is 3. The van der Waals surface area contributed by atoms with Gasteiger partial charge in [-0.2, -0.15) is 0 Å². The van der Waals surface area contributed by atoms with E-state index in [2.05, 4.69) is 183 Å². The summed E-state index contributed by atoms with van der Waals surface area (Å²) < 4.78 is 6.64. The van der Waals surface area contributed by atoms with Crippen molar-refractivity contribution in [3.8, 4) is 0 Å². The summed E-state index contributed by atoms with van der Waals surface area (Å²) in [4.78, 5) is 4.73. The Labute approximate surface area is 299 Å². The van der Waals surface area contributed by atoms with Crippen LogP contribution in [0.3, 0.4) is 0 Å². The van der Waals surface area contributed by atoms with E-state index in [0.717, 1.165) is 68.3 Å². The monoisotopic (exact) mass is 660 g/mol. The highest BCUT2D eigenvalue weighted by Crippen LogP contribution is 2.41. The van der Waals surface area contributed by atoms with Crippen molar-refractivity contribution in [2.75, 3.05) is 9.80 Å². The zero-order valence-electron chi connectivity index (χ0n) is 29.6. The summed E-state index contributed by atoms with van der Waals surface area (Å²) in [5, 5.41) is 6.99. The predicted octanol–water partition coefficient (Wildman–Crippen LogP) is 14.0. The van der Waals surface area contributed by atoms with Crippen LogP contribution in [0, 0.1) is 20.8 Å². The minimum Gasteiger partial charge on any atom is -0.456 e. The molecule has 0 spiro atoms. The number of furan rings is 1. The van der Waals surface area contributed by atoms with Gasteiger partial charge in [-0.25, -0.2) is 0 Å². The number of fused-ring (bicyclic) bond motifs is 5. The fraction of sp³-hybridized carbons (Fsp3) is 0.125. The summed E-state index contributed by atoms with van der Waals surface area (Å²) in [5.41, 5.74) is 14.0.